The molecule has 0 aromatic heterocycles. The number of carbonyl (C=O) groups is 1. The number of hydrogen-bond acceptors (Lipinski definition) is 3. The van der Waals surface area contributed by atoms with E-state index in [2.05, 4.69) is 11.8 Å². The lowest BCUT2D eigenvalue weighted by molar-refractivity contribution is -0.900. The van der Waals surface area contributed by atoms with Gasteiger partial charge in [0.15, 0.2) is 6.10 Å². The summed E-state index contributed by atoms with van der Waals surface area (Å²) in [6.07, 6.45) is -0.478. The number of hydrogen-bond donors (Lipinski definition) is 1. The zero-order valence-corrected chi connectivity index (χ0v) is 12.9. The molecule has 0 bridgehead atoms. The van der Waals surface area contributed by atoms with Crippen LogP contribution in [-0.4, -0.2) is 38.8 Å². The van der Waals surface area contributed by atoms with Gasteiger partial charge in [-0.3, -0.25) is 4.79 Å². The summed E-state index contributed by atoms with van der Waals surface area (Å²) in [7, 11) is 0. The third kappa shape index (κ3) is 6.17. The van der Waals surface area contributed by atoms with E-state index in [9.17, 15) is 4.79 Å². The van der Waals surface area contributed by atoms with Gasteiger partial charge >= 0.3 is 5.97 Å². The van der Waals surface area contributed by atoms with E-state index in [0.29, 0.717) is 0 Å². The second-order valence-corrected chi connectivity index (χ2v) is 4.76. The Morgan fingerprint density at radius 1 is 1.33 bits per heavy atom. The van der Waals surface area contributed by atoms with Gasteiger partial charge in [0, 0.05) is 12.5 Å². The first-order chi connectivity index (χ1) is 9.75. The molecule has 1 aliphatic rings. The molecule has 1 aromatic rings. The van der Waals surface area contributed by atoms with Crippen molar-refractivity contribution in [2.24, 2.45) is 0 Å². The third-order valence-corrected chi connectivity index (χ3v) is 3.16. The second kappa shape index (κ2) is 9.41. The molecule has 2 rings (SSSR count). The Morgan fingerprint density at radius 3 is 2.62 bits per heavy atom. The van der Waals surface area contributed by atoms with Crippen molar-refractivity contribution in [2.75, 3.05) is 32.8 Å². The van der Waals surface area contributed by atoms with Crippen molar-refractivity contribution in [3.63, 3.8) is 0 Å². The minimum Gasteiger partial charge on any atom is -1.00 e. The van der Waals surface area contributed by atoms with Crippen LogP contribution in [0.15, 0.2) is 30.3 Å². The molecule has 4 nitrogen and oxygen atoms in total. The van der Waals surface area contributed by atoms with Gasteiger partial charge in [-0.1, -0.05) is 30.3 Å². The number of esters is 1. The van der Waals surface area contributed by atoms with Gasteiger partial charge in [-0.25, -0.2) is 0 Å². The molecule has 0 spiro atoms. The molecule has 1 N–H and O–H groups in total. The predicted molar refractivity (Wildman–Crippen MR) is 75.1 cm³/mol. The van der Waals surface area contributed by atoms with E-state index < -0.39 is 6.10 Å². The summed E-state index contributed by atoms with van der Waals surface area (Å²) in [5.74, 6) is 5.89. The third-order valence-electron chi connectivity index (χ3n) is 3.16. The number of carbonyl (C=O) groups excluding carboxylic acids is 1. The molecule has 1 unspecified atom stereocenters. The normalized spacial score (nSPS) is 16.0. The molecule has 114 valence electrons. The van der Waals surface area contributed by atoms with E-state index in [1.807, 2.05) is 30.3 Å². The van der Waals surface area contributed by atoms with Gasteiger partial charge in [-0.2, -0.15) is 0 Å². The molecule has 0 amide bonds. The average molecular weight is 310 g/mol. The summed E-state index contributed by atoms with van der Waals surface area (Å²) < 4.78 is 10.6. The first-order valence-corrected chi connectivity index (χ1v) is 6.87. The quantitative estimate of drug-likeness (QED) is 0.485. The fourth-order valence-electron chi connectivity index (χ4n) is 2.08. The summed E-state index contributed by atoms with van der Waals surface area (Å²) in [6.45, 7) is 5.72. The average Bonchev–Trinajstić information content (AvgIpc) is 2.48. The van der Waals surface area contributed by atoms with Crippen LogP contribution in [0.4, 0.5) is 0 Å². The molecule has 0 saturated carbocycles. The molecular formula is C16H20ClNO3. The molecule has 1 saturated heterocycles. The maximum Gasteiger partial charge on any atom is 0.304 e. The minimum atomic E-state index is -0.478. The number of ether oxygens (including phenoxy) is 2. The van der Waals surface area contributed by atoms with Gasteiger partial charge in [0.25, 0.3) is 0 Å². The Balaban J connectivity index is 0.00000220. The van der Waals surface area contributed by atoms with Crippen LogP contribution in [0.3, 0.4) is 0 Å². The standard InChI is InChI=1S/C16H19NO3.ClH/c1-14(18)20-16(15-6-3-2-4-7-15)8-5-9-17-10-12-19-13-11-17;/h2-4,6-7,16H,9-13H2,1H3;1H. The van der Waals surface area contributed by atoms with Gasteiger partial charge < -0.3 is 26.8 Å². The Hall–Kier alpha value is -1.54. The van der Waals surface area contributed by atoms with Crippen LogP contribution in [0.5, 0.6) is 0 Å². The Labute approximate surface area is 131 Å². The fraction of sp³-hybridized carbons (Fsp3) is 0.438. The van der Waals surface area contributed by atoms with E-state index in [0.717, 1.165) is 38.4 Å². The van der Waals surface area contributed by atoms with Gasteiger partial charge in [-0.05, 0) is 11.8 Å². The maximum atomic E-state index is 11.2. The van der Waals surface area contributed by atoms with E-state index in [-0.39, 0.29) is 18.4 Å². The highest BCUT2D eigenvalue weighted by atomic mass is 35.5. The van der Waals surface area contributed by atoms with Crippen LogP contribution in [0.2, 0.25) is 0 Å². The molecule has 1 fully saturated rings. The van der Waals surface area contributed by atoms with Gasteiger partial charge in [0.2, 0.25) is 0 Å². The highest BCUT2D eigenvalue weighted by Gasteiger charge is 2.13. The molecule has 0 radical (unpaired) electrons. The monoisotopic (exact) mass is 309 g/mol. The van der Waals surface area contributed by atoms with Crippen molar-refractivity contribution in [1.29, 1.82) is 0 Å². The number of rotatable bonds is 3. The fourth-order valence-corrected chi connectivity index (χ4v) is 2.08. The summed E-state index contributed by atoms with van der Waals surface area (Å²) >= 11 is 0. The van der Waals surface area contributed by atoms with Crippen LogP contribution in [0, 0.1) is 11.8 Å². The molecule has 1 aliphatic heterocycles. The number of morpholine rings is 1. The second-order valence-electron chi connectivity index (χ2n) is 4.76. The van der Waals surface area contributed by atoms with Gasteiger partial charge in [0.05, 0.1) is 13.2 Å². The number of halogens is 1. The van der Waals surface area contributed by atoms with Gasteiger partial charge in [-0.15, -0.1) is 0 Å². The molecule has 1 heterocycles. The predicted octanol–water partition coefficient (Wildman–Crippen LogP) is -2.79. The molecule has 1 aromatic carbocycles. The van der Waals surface area contributed by atoms with Crippen molar-refractivity contribution in [3.05, 3.63) is 35.9 Å². The summed E-state index contributed by atoms with van der Waals surface area (Å²) in [5, 5.41) is 0. The zero-order chi connectivity index (χ0) is 14.2. The highest BCUT2D eigenvalue weighted by molar-refractivity contribution is 5.66. The first-order valence-electron chi connectivity index (χ1n) is 6.87. The molecule has 21 heavy (non-hydrogen) atoms. The Bertz CT molecular complexity index is 489. The largest absolute Gasteiger partial charge is 1.00 e. The topological polar surface area (TPSA) is 40.0 Å². The summed E-state index contributed by atoms with van der Waals surface area (Å²) in [5.41, 5.74) is 0.909. The van der Waals surface area contributed by atoms with Crippen LogP contribution in [0.25, 0.3) is 0 Å². The van der Waals surface area contributed by atoms with E-state index in [1.54, 1.807) is 0 Å². The number of quaternary nitrogens is 1. The van der Waals surface area contributed by atoms with Crippen molar-refractivity contribution in [1.82, 2.24) is 0 Å². The van der Waals surface area contributed by atoms with Crippen molar-refractivity contribution in [2.45, 2.75) is 13.0 Å². The van der Waals surface area contributed by atoms with Crippen molar-refractivity contribution >= 4 is 5.97 Å². The van der Waals surface area contributed by atoms with Gasteiger partial charge in [0.1, 0.15) is 19.6 Å². The SMILES string of the molecule is CC(=O)OC(C#CC[NH+]1CCOCC1)c1ccccc1.[Cl-]. The molecular weight excluding hydrogens is 290 g/mol. The van der Waals surface area contributed by atoms with Crippen molar-refractivity contribution < 1.29 is 31.6 Å². The highest BCUT2D eigenvalue weighted by Crippen LogP contribution is 2.15. The van der Waals surface area contributed by atoms with Crippen LogP contribution < -0.4 is 17.3 Å². The lowest BCUT2D eigenvalue weighted by Gasteiger charge is -2.21. The lowest BCUT2D eigenvalue weighted by atomic mass is 10.1. The molecule has 5 heteroatoms. The molecule has 1 atom stereocenters. The lowest BCUT2D eigenvalue weighted by Crippen LogP contribution is -3.14. The first kappa shape index (κ1) is 17.5. The summed E-state index contributed by atoms with van der Waals surface area (Å²) in [6, 6.07) is 9.61. The van der Waals surface area contributed by atoms with Crippen LogP contribution >= 0.6 is 0 Å². The molecule has 0 aliphatic carbocycles. The van der Waals surface area contributed by atoms with E-state index in [1.165, 1.54) is 11.8 Å². The van der Waals surface area contributed by atoms with Crippen molar-refractivity contribution in [3.8, 4) is 11.8 Å². The summed E-state index contributed by atoms with van der Waals surface area (Å²) in [4.78, 5) is 12.6. The minimum absolute atomic E-state index is 0. The van der Waals surface area contributed by atoms with E-state index >= 15 is 0 Å². The maximum absolute atomic E-state index is 11.2. The Kier molecular flexibility index (Phi) is 7.84. The zero-order valence-electron chi connectivity index (χ0n) is 12.1. The van der Waals surface area contributed by atoms with Crippen LogP contribution in [-0.2, 0) is 14.3 Å². The smallest absolute Gasteiger partial charge is 0.304 e. The van der Waals surface area contributed by atoms with Crippen LogP contribution in [0.1, 0.15) is 18.6 Å². The number of benzene rings is 1. The number of nitrogens with one attached hydrogen (secondary N) is 1. The van der Waals surface area contributed by atoms with E-state index in [4.69, 9.17) is 9.47 Å². The Morgan fingerprint density at radius 2 is 2.00 bits per heavy atom.